The van der Waals surface area contributed by atoms with E-state index in [1.807, 2.05) is 0 Å². The van der Waals surface area contributed by atoms with Gasteiger partial charge in [-0.15, -0.1) is 0 Å². The molecule has 1 heterocycles. The Hall–Kier alpha value is -0.900. The maximum Gasteiger partial charge on any atom is 0.0619 e. The number of aliphatic hydroxyl groups excluding tert-OH is 1. The number of rotatable bonds is 4. The van der Waals surface area contributed by atoms with Crippen molar-refractivity contribution >= 4 is 0 Å². The highest BCUT2D eigenvalue weighted by Gasteiger charge is 2.44. The van der Waals surface area contributed by atoms with Gasteiger partial charge in [-0.3, -0.25) is 4.90 Å². The average molecular weight is 332 g/mol. The van der Waals surface area contributed by atoms with Crippen LogP contribution in [0.2, 0.25) is 0 Å². The summed E-state index contributed by atoms with van der Waals surface area (Å²) in [6.45, 7) is 10.4. The first-order valence-electron chi connectivity index (χ1n) is 9.64. The van der Waals surface area contributed by atoms with Crippen LogP contribution in [-0.4, -0.2) is 42.4 Å². The lowest BCUT2D eigenvalue weighted by molar-refractivity contribution is -0.0835. The van der Waals surface area contributed by atoms with E-state index < -0.39 is 0 Å². The SMILES string of the molecule is CC(C)[C@@H]1CC[C@@H](C)C(C(c2ccccc2)N2CCOCC2)C1O. The number of hydrogen-bond donors (Lipinski definition) is 1. The molecule has 24 heavy (non-hydrogen) atoms. The first kappa shape index (κ1) is 17.9. The molecular weight excluding hydrogens is 298 g/mol. The molecule has 2 fully saturated rings. The van der Waals surface area contributed by atoms with Gasteiger partial charge in [-0.2, -0.15) is 0 Å². The van der Waals surface area contributed by atoms with Crippen LogP contribution >= 0.6 is 0 Å². The molecule has 1 N–H and O–H groups in total. The topological polar surface area (TPSA) is 32.7 Å². The normalized spacial score (nSPS) is 33.5. The van der Waals surface area contributed by atoms with E-state index in [9.17, 15) is 5.11 Å². The molecule has 5 atom stereocenters. The van der Waals surface area contributed by atoms with E-state index in [4.69, 9.17) is 4.74 Å². The molecule has 3 unspecified atom stereocenters. The number of aliphatic hydroxyl groups is 1. The zero-order chi connectivity index (χ0) is 17.1. The Morgan fingerprint density at radius 3 is 2.38 bits per heavy atom. The minimum atomic E-state index is -0.221. The van der Waals surface area contributed by atoms with Crippen LogP contribution in [0.1, 0.15) is 45.2 Å². The van der Waals surface area contributed by atoms with E-state index in [2.05, 4.69) is 56.0 Å². The van der Waals surface area contributed by atoms with Crippen LogP contribution in [0, 0.1) is 23.7 Å². The Morgan fingerprint density at radius 2 is 1.75 bits per heavy atom. The summed E-state index contributed by atoms with van der Waals surface area (Å²) in [6.07, 6.45) is 2.15. The highest BCUT2D eigenvalue weighted by atomic mass is 16.5. The minimum Gasteiger partial charge on any atom is -0.392 e. The van der Waals surface area contributed by atoms with Crippen molar-refractivity contribution in [1.82, 2.24) is 4.90 Å². The number of morpholine rings is 1. The Bertz CT molecular complexity index is 498. The van der Waals surface area contributed by atoms with Gasteiger partial charge >= 0.3 is 0 Å². The van der Waals surface area contributed by atoms with Crippen LogP contribution in [0.4, 0.5) is 0 Å². The van der Waals surface area contributed by atoms with Crippen molar-refractivity contribution in [2.45, 2.75) is 45.8 Å². The molecule has 1 aromatic carbocycles. The first-order valence-corrected chi connectivity index (χ1v) is 9.64. The lowest BCUT2D eigenvalue weighted by Crippen LogP contribution is -2.50. The number of ether oxygens (including phenoxy) is 1. The van der Waals surface area contributed by atoms with Gasteiger partial charge in [0, 0.05) is 25.0 Å². The molecular formula is C21H33NO2. The minimum absolute atomic E-state index is 0.221. The molecule has 0 spiro atoms. The zero-order valence-electron chi connectivity index (χ0n) is 15.4. The van der Waals surface area contributed by atoms with Crippen molar-refractivity contribution < 1.29 is 9.84 Å². The van der Waals surface area contributed by atoms with Gasteiger partial charge in [0.05, 0.1) is 19.3 Å². The Balaban J connectivity index is 1.93. The third-order valence-corrected chi connectivity index (χ3v) is 6.25. The van der Waals surface area contributed by atoms with Crippen LogP contribution in [0.3, 0.4) is 0 Å². The van der Waals surface area contributed by atoms with Gasteiger partial charge < -0.3 is 9.84 Å². The van der Waals surface area contributed by atoms with Crippen molar-refractivity contribution in [1.29, 1.82) is 0 Å². The van der Waals surface area contributed by atoms with Crippen molar-refractivity contribution in [2.24, 2.45) is 23.7 Å². The molecule has 0 aromatic heterocycles. The highest BCUT2D eigenvalue weighted by Crippen LogP contribution is 2.45. The lowest BCUT2D eigenvalue weighted by Gasteiger charge is -2.48. The van der Waals surface area contributed by atoms with E-state index in [1.165, 1.54) is 12.0 Å². The monoisotopic (exact) mass is 331 g/mol. The second-order valence-electron chi connectivity index (χ2n) is 8.03. The molecule has 1 aliphatic heterocycles. The van der Waals surface area contributed by atoms with Gasteiger partial charge in [-0.25, -0.2) is 0 Å². The third-order valence-electron chi connectivity index (χ3n) is 6.25. The van der Waals surface area contributed by atoms with E-state index in [1.54, 1.807) is 0 Å². The van der Waals surface area contributed by atoms with Crippen molar-refractivity contribution in [2.75, 3.05) is 26.3 Å². The van der Waals surface area contributed by atoms with Gasteiger partial charge in [0.25, 0.3) is 0 Å². The van der Waals surface area contributed by atoms with Crippen molar-refractivity contribution in [3.05, 3.63) is 35.9 Å². The standard InChI is InChI=1S/C21H33NO2/c1-15(2)18-10-9-16(3)19(21(18)23)20(17-7-5-4-6-8-17)22-11-13-24-14-12-22/h4-8,15-16,18-21,23H,9-14H2,1-3H3/t16-,18+,19?,20?,21?/m1/s1. The maximum absolute atomic E-state index is 11.3. The molecule has 3 nitrogen and oxygen atoms in total. The quantitative estimate of drug-likeness (QED) is 0.912. The van der Waals surface area contributed by atoms with Crippen LogP contribution in [0.15, 0.2) is 30.3 Å². The van der Waals surface area contributed by atoms with Crippen LogP contribution in [0.5, 0.6) is 0 Å². The fourth-order valence-corrected chi connectivity index (χ4v) is 4.85. The summed E-state index contributed by atoms with van der Waals surface area (Å²) in [4.78, 5) is 2.55. The average Bonchev–Trinajstić information content (AvgIpc) is 2.59. The first-order chi connectivity index (χ1) is 11.6. The number of nitrogens with zero attached hydrogens (tertiary/aromatic N) is 1. The van der Waals surface area contributed by atoms with Crippen molar-refractivity contribution in [3.8, 4) is 0 Å². The van der Waals surface area contributed by atoms with Gasteiger partial charge in [0.1, 0.15) is 0 Å². The molecule has 0 amide bonds. The summed E-state index contributed by atoms with van der Waals surface area (Å²) in [5, 5.41) is 11.3. The fraction of sp³-hybridized carbons (Fsp3) is 0.714. The summed E-state index contributed by atoms with van der Waals surface area (Å²) in [5.74, 6) is 1.80. The number of benzene rings is 1. The predicted octanol–water partition coefficient (Wildman–Crippen LogP) is 3.74. The third kappa shape index (κ3) is 3.68. The molecule has 1 saturated carbocycles. The summed E-state index contributed by atoms with van der Waals surface area (Å²) in [6, 6.07) is 11.1. The predicted molar refractivity (Wildman–Crippen MR) is 97.8 cm³/mol. The van der Waals surface area contributed by atoms with E-state index in [-0.39, 0.29) is 6.10 Å². The Morgan fingerprint density at radius 1 is 1.08 bits per heavy atom. The van der Waals surface area contributed by atoms with E-state index in [0.29, 0.717) is 29.7 Å². The van der Waals surface area contributed by atoms with Crippen LogP contribution < -0.4 is 0 Å². The second kappa shape index (κ2) is 7.99. The molecule has 3 heteroatoms. The molecule has 3 rings (SSSR count). The molecule has 0 radical (unpaired) electrons. The van der Waals surface area contributed by atoms with E-state index >= 15 is 0 Å². The lowest BCUT2D eigenvalue weighted by atomic mass is 9.65. The molecule has 134 valence electrons. The van der Waals surface area contributed by atoms with Crippen LogP contribution in [0.25, 0.3) is 0 Å². The molecule has 1 aliphatic carbocycles. The largest absolute Gasteiger partial charge is 0.392 e. The number of hydrogen-bond acceptors (Lipinski definition) is 3. The highest BCUT2D eigenvalue weighted by molar-refractivity contribution is 5.21. The summed E-state index contributed by atoms with van der Waals surface area (Å²) >= 11 is 0. The Kier molecular flexibility index (Phi) is 5.96. The Labute approximate surface area is 147 Å². The van der Waals surface area contributed by atoms with Crippen LogP contribution in [-0.2, 0) is 4.74 Å². The zero-order valence-corrected chi connectivity index (χ0v) is 15.4. The molecule has 1 saturated heterocycles. The van der Waals surface area contributed by atoms with Gasteiger partial charge in [0.2, 0.25) is 0 Å². The van der Waals surface area contributed by atoms with Crippen molar-refractivity contribution in [3.63, 3.8) is 0 Å². The molecule has 2 aliphatic rings. The summed E-state index contributed by atoms with van der Waals surface area (Å²) < 4.78 is 5.58. The second-order valence-corrected chi connectivity index (χ2v) is 8.03. The van der Waals surface area contributed by atoms with Gasteiger partial charge in [-0.05, 0) is 36.2 Å². The molecule has 0 bridgehead atoms. The van der Waals surface area contributed by atoms with E-state index in [0.717, 1.165) is 32.7 Å². The maximum atomic E-state index is 11.3. The van der Waals surface area contributed by atoms with Gasteiger partial charge in [0.15, 0.2) is 0 Å². The smallest absolute Gasteiger partial charge is 0.0619 e. The van der Waals surface area contributed by atoms with Gasteiger partial charge in [-0.1, -0.05) is 51.1 Å². The summed E-state index contributed by atoms with van der Waals surface area (Å²) in [5.41, 5.74) is 1.35. The molecule has 1 aromatic rings. The fourth-order valence-electron chi connectivity index (χ4n) is 4.85. The summed E-state index contributed by atoms with van der Waals surface area (Å²) in [7, 11) is 0.